The first-order valence-electron chi connectivity index (χ1n) is 7.46. The lowest BCUT2D eigenvalue weighted by Gasteiger charge is -2.35. The largest absolute Gasteiger partial charge is 0.492 e. The van der Waals surface area contributed by atoms with Crippen molar-refractivity contribution in [3.05, 3.63) is 29.3 Å². The fourth-order valence-corrected chi connectivity index (χ4v) is 2.66. The van der Waals surface area contributed by atoms with Gasteiger partial charge in [-0.25, -0.2) is 0 Å². The lowest BCUT2D eigenvalue weighted by Crippen LogP contribution is -2.48. The number of benzene rings is 1. The molecule has 0 aromatic heterocycles. The Hall–Kier alpha value is -0.770. The summed E-state index contributed by atoms with van der Waals surface area (Å²) < 4.78 is 5.74. The molecule has 20 heavy (non-hydrogen) atoms. The Labute approximate surface area is 127 Å². The van der Waals surface area contributed by atoms with Gasteiger partial charge < -0.3 is 9.64 Å². The normalized spacial score (nSPS) is 17.6. The molecule has 0 radical (unpaired) electrons. The molecule has 0 aliphatic carbocycles. The molecule has 3 nitrogen and oxygen atoms in total. The zero-order valence-electron chi connectivity index (χ0n) is 12.5. The zero-order chi connectivity index (χ0) is 14.4. The van der Waals surface area contributed by atoms with Crippen molar-refractivity contribution in [2.45, 2.75) is 13.8 Å². The highest BCUT2D eigenvalue weighted by Gasteiger charge is 2.16. The van der Waals surface area contributed by atoms with Crippen LogP contribution in [-0.4, -0.2) is 55.7 Å². The average Bonchev–Trinajstić information content (AvgIpc) is 2.42. The third-order valence-electron chi connectivity index (χ3n) is 3.58. The number of halogens is 1. The highest BCUT2D eigenvalue weighted by molar-refractivity contribution is 6.30. The number of hydrogen-bond acceptors (Lipinski definition) is 3. The molecule has 0 unspecified atom stereocenters. The van der Waals surface area contributed by atoms with Gasteiger partial charge in [-0.15, -0.1) is 0 Å². The van der Waals surface area contributed by atoms with Crippen molar-refractivity contribution in [3.63, 3.8) is 0 Å². The van der Waals surface area contributed by atoms with Gasteiger partial charge in [0.1, 0.15) is 12.4 Å². The van der Waals surface area contributed by atoms with E-state index in [4.69, 9.17) is 16.3 Å². The van der Waals surface area contributed by atoms with Gasteiger partial charge in [0.05, 0.1) is 0 Å². The quantitative estimate of drug-likeness (QED) is 0.803. The second-order valence-electron chi connectivity index (χ2n) is 5.84. The van der Waals surface area contributed by atoms with Crippen LogP contribution in [0.5, 0.6) is 5.75 Å². The van der Waals surface area contributed by atoms with Gasteiger partial charge in [-0.1, -0.05) is 25.4 Å². The van der Waals surface area contributed by atoms with Gasteiger partial charge in [-0.3, -0.25) is 4.90 Å². The molecule has 1 aliphatic rings. The van der Waals surface area contributed by atoms with Crippen LogP contribution in [0.1, 0.15) is 13.8 Å². The van der Waals surface area contributed by atoms with E-state index in [1.54, 1.807) is 0 Å². The molecule has 4 heteroatoms. The summed E-state index contributed by atoms with van der Waals surface area (Å²) >= 11 is 5.85. The minimum absolute atomic E-state index is 0.742. The molecular weight excluding hydrogens is 272 g/mol. The van der Waals surface area contributed by atoms with E-state index in [0.717, 1.165) is 42.9 Å². The highest BCUT2D eigenvalue weighted by atomic mass is 35.5. The van der Waals surface area contributed by atoms with Gasteiger partial charge >= 0.3 is 0 Å². The zero-order valence-corrected chi connectivity index (χ0v) is 13.3. The summed E-state index contributed by atoms with van der Waals surface area (Å²) in [5.41, 5.74) is 0. The van der Waals surface area contributed by atoms with Crippen LogP contribution in [0.3, 0.4) is 0 Å². The summed E-state index contributed by atoms with van der Waals surface area (Å²) in [6, 6.07) is 7.56. The van der Waals surface area contributed by atoms with Crippen molar-refractivity contribution in [1.82, 2.24) is 9.80 Å². The van der Waals surface area contributed by atoms with Crippen LogP contribution in [-0.2, 0) is 0 Å². The Morgan fingerprint density at radius 2 is 1.65 bits per heavy atom. The Morgan fingerprint density at radius 1 is 1.05 bits per heavy atom. The maximum Gasteiger partial charge on any atom is 0.119 e. The lowest BCUT2D eigenvalue weighted by molar-refractivity contribution is 0.109. The third kappa shape index (κ3) is 5.31. The minimum atomic E-state index is 0.742. The fraction of sp³-hybridized carbons (Fsp3) is 0.625. The molecule has 1 saturated heterocycles. The van der Waals surface area contributed by atoms with Crippen molar-refractivity contribution in [3.8, 4) is 5.75 Å². The molecular formula is C16H25ClN2O. The maximum atomic E-state index is 5.85. The molecule has 1 aromatic rings. The summed E-state index contributed by atoms with van der Waals surface area (Å²) in [6.45, 7) is 12.2. The van der Waals surface area contributed by atoms with Crippen LogP contribution in [0.15, 0.2) is 24.3 Å². The third-order valence-corrected chi connectivity index (χ3v) is 3.83. The number of nitrogens with zero attached hydrogens (tertiary/aromatic N) is 2. The molecule has 2 rings (SSSR count). The first kappa shape index (κ1) is 15.6. The van der Waals surface area contributed by atoms with Crippen LogP contribution in [0.2, 0.25) is 5.02 Å². The Bertz CT molecular complexity index is 386. The molecule has 1 aliphatic heterocycles. The van der Waals surface area contributed by atoms with Crippen LogP contribution in [0.4, 0.5) is 0 Å². The molecule has 0 bridgehead atoms. The molecule has 0 saturated carbocycles. The number of piperazine rings is 1. The van der Waals surface area contributed by atoms with Crippen molar-refractivity contribution in [1.29, 1.82) is 0 Å². The van der Waals surface area contributed by atoms with E-state index < -0.39 is 0 Å². The Kier molecular flexibility index (Phi) is 6.14. The van der Waals surface area contributed by atoms with E-state index in [0.29, 0.717) is 0 Å². The number of ether oxygens (including phenoxy) is 1. The predicted molar refractivity (Wildman–Crippen MR) is 84.7 cm³/mol. The van der Waals surface area contributed by atoms with E-state index >= 15 is 0 Å². The van der Waals surface area contributed by atoms with Gasteiger partial charge in [0.15, 0.2) is 0 Å². The molecule has 0 atom stereocenters. The van der Waals surface area contributed by atoms with Crippen LogP contribution < -0.4 is 4.74 Å². The smallest absolute Gasteiger partial charge is 0.119 e. The summed E-state index contributed by atoms with van der Waals surface area (Å²) in [7, 11) is 0. The molecule has 1 heterocycles. The van der Waals surface area contributed by atoms with Crippen molar-refractivity contribution < 1.29 is 4.74 Å². The second kappa shape index (κ2) is 7.87. The van der Waals surface area contributed by atoms with Gasteiger partial charge in [0, 0.05) is 44.3 Å². The first-order valence-corrected chi connectivity index (χ1v) is 7.84. The van der Waals surface area contributed by atoms with E-state index in [2.05, 4.69) is 23.6 Å². The minimum Gasteiger partial charge on any atom is -0.492 e. The first-order chi connectivity index (χ1) is 9.63. The van der Waals surface area contributed by atoms with Gasteiger partial charge in [-0.05, 0) is 30.2 Å². The maximum absolute atomic E-state index is 5.85. The highest BCUT2D eigenvalue weighted by Crippen LogP contribution is 2.15. The molecule has 0 amide bonds. The summed E-state index contributed by atoms with van der Waals surface area (Å²) in [6.07, 6.45) is 0. The summed E-state index contributed by atoms with van der Waals surface area (Å²) in [4.78, 5) is 5.04. The molecule has 0 N–H and O–H groups in total. The number of rotatable bonds is 6. The Morgan fingerprint density at radius 3 is 2.25 bits per heavy atom. The van der Waals surface area contributed by atoms with E-state index in [9.17, 15) is 0 Å². The average molecular weight is 297 g/mol. The molecule has 1 aromatic carbocycles. The fourth-order valence-electron chi connectivity index (χ4n) is 2.54. The SMILES string of the molecule is CC(C)CN1CCN(CCOc2ccc(Cl)cc2)CC1. The van der Waals surface area contributed by atoms with Crippen LogP contribution in [0.25, 0.3) is 0 Å². The van der Waals surface area contributed by atoms with E-state index in [1.807, 2.05) is 24.3 Å². The van der Waals surface area contributed by atoms with E-state index in [-0.39, 0.29) is 0 Å². The topological polar surface area (TPSA) is 15.7 Å². The molecule has 0 spiro atoms. The van der Waals surface area contributed by atoms with Gasteiger partial charge in [0.25, 0.3) is 0 Å². The van der Waals surface area contributed by atoms with Crippen molar-refractivity contribution >= 4 is 11.6 Å². The standard InChI is InChI=1S/C16H25ClN2O/c1-14(2)13-19-9-7-18(8-10-19)11-12-20-16-5-3-15(17)4-6-16/h3-6,14H,7-13H2,1-2H3. The van der Waals surface area contributed by atoms with Crippen LogP contribution in [0, 0.1) is 5.92 Å². The summed E-state index contributed by atoms with van der Waals surface area (Å²) in [5.74, 6) is 1.66. The van der Waals surface area contributed by atoms with Gasteiger partial charge in [0.2, 0.25) is 0 Å². The lowest BCUT2D eigenvalue weighted by atomic mass is 10.2. The predicted octanol–water partition coefficient (Wildman–Crippen LogP) is 2.99. The van der Waals surface area contributed by atoms with Crippen molar-refractivity contribution in [2.24, 2.45) is 5.92 Å². The second-order valence-corrected chi connectivity index (χ2v) is 6.27. The Balaban J connectivity index is 1.62. The summed E-state index contributed by atoms with van der Waals surface area (Å²) in [5, 5.41) is 0.749. The van der Waals surface area contributed by atoms with E-state index in [1.165, 1.54) is 19.6 Å². The number of hydrogen-bond donors (Lipinski definition) is 0. The molecule has 112 valence electrons. The molecule has 1 fully saturated rings. The van der Waals surface area contributed by atoms with Crippen molar-refractivity contribution in [2.75, 3.05) is 45.9 Å². The monoisotopic (exact) mass is 296 g/mol. The van der Waals surface area contributed by atoms with Gasteiger partial charge in [-0.2, -0.15) is 0 Å². The van der Waals surface area contributed by atoms with Crippen LogP contribution >= 0.6 is 11.6 Å².